The summed E-state index contributed by atoms with van der Waals surface area (Å²) in [5.74, 6) is 0.902. The number of amides is 1. The van der Waals surface area contributed by atoms with E-state index in [1.807, 2.05) is 56.5 Å². The van der Waals surface area contributed by atoms with Gasteiger partial charge >= 0.3 is 6.09 Å². The predicted octanol–water partition coefficient (Wildman–Crippen LogP) is 3.63. The Morgan fingerprint density at radius 3 is 2.71 bits per heavy atom. The molecule has 0 fully saturated rings. The van der Waals surface area contributed by atoms with Crippen LogP contribution in [-0.4, -0.2) is 26.2 Å². The van der Waals surface area contributed by atoms with Gasteiger partial charge < -0.3 is 14.6 Å². The number of hydrogen-bond donors (Lipinski definition) is 1. The van der Waals surface area contributed by atoms with E-state index in [1.54, 1.807) is 6.20 Å². The summed E-state index contributed by atoms with van der Waals surface area (Å²) in [5.41, 5.74) is 2.20. The van der Waals surface area contributed by atoms with Gasteiger partial charge in [-0.25, -0.2) is 9.78 Å². The Bertz CT molecular complexity index is 893. The van der Waals surface area contributed by atoms with Crippen LogP contribution in [-0.2, 0) is 17.8 Å². The number of carbonyl (C=O) groups is 1. The summed E-state index contributed by atoms with van der Waals surface area (Å²) in [5, 5.41) is 3.84. The number of ether oxygens (including phenoxy) is 1. The first-order valence-corrected chi connectivity index (χ1v) is 8.09. The first-order valence-electron chi connectivity index (χ1n) is 8.09. The van der Waals surface area contributed by atoms with E-state index in [2.05, 4.69) is 15.3 Å². The highest BCUT2D eigenvalue weighted by atomic mass is 16.6. The summed E-state index contributed by atoms with van der Waals surface area (Å²) in [6.45, 7) is 7.88. The third-order valence-corrected chi connectivity index (χ3v) is 3.66. The second kappa shape index (κ2) is 6.11. The predicted molar refractivity (Wildman–Crippen MR) is 93.8 cm³/mol. The molecular weight excluding hydrogens is 304 g/mol. The highest BCUT2D eigenvalue weighted by Gasteiger charge is 2.17. The lowest BCUT2D eigenvalue weighted by atomic mass is 10.2. The molecule has 3 rings (SSSR count). The molecule has 0 aliphatic heterocycles. The number of aryl methyl sites for hydroxylation is 1. The van der Waals surface area contributed by atoms with Gasteiger partial charge in [0.1, 0.15) is 16.9 Å². The summed E-state index contributed by atoms with van der Waals surface area (Å²) < 4.78 is 7.33. The van der Waals surface area contributed by atoms with Crippen molar-refractivity contribution >= 4 is 28.0 Å². The third-order valence-electron chi connectivity index (χ3n) is 3.66. The Hall–Kier alpha value is -2.63. The van der Waals surface area contributed by atoms with Crippen LogP contribution in [0.1, 0.15) is 33.5 Å². The Balaban J connectivity index is 1.99. The van der Waals surface area contributed by atoms with E-state index in [4.69, 9.17) is 4.74 Å². The normalized spacial score (nSPS) is 11.8. The molecule has 0 spiro atoms. The number of imidazole rings is 1. The van der Waals surface area contributed by atoms with Crippen LogP contribution >= 0.6 is 0 Å². The molecule has 0 saturated heterocycles. The summed E-state index contributed by atoms with van der Waals surface area (Å²) in [6.07, 6.45) is 2.10. The highest BCUT2D eigenvalue weighted by molar-refractivity contribution is 6.02. The number of aromatic nitrogens is 3. The van der Waals surface area contributed by atoms with Crippen LogP contribution in [0.25, 0.3) is 21.9 Å². The van der Waals surface area contributed by atoms with Crippen LogP contribution in [0.2, 0.25) is 0 Å². The van der Waals surface area contributed by atoms with Crippen molar-refractivity contribution in [1.29, 1.82) is 0 Å². The van der Waals surface area contributed by atoms with Crippen LogP contribution in [0.4, 0.5) is 4.79 Å². The third kappa shape index (κ3) is 3.18. The molecule has 1 amide bonds. The van der Waals surface area contributed by atoms with E-state index in [0.29, 0.717) is 6.67 Å². The van der Waals surface area contributed by atoms with Crippen LogP contribution in [0, 0.1) is 0 Å². The largest absolute Gasteiger partial charge is 0.444 e. The molecule has 0 aliphatic carbocycles. The highest BCUT2D eigenvalue weighted by Crippen LogP contribution is 2.24. The van der Waals surface area contributed by atoms with E-state index in [0.717, 1.165) is 34.2 Å². The standard InChI is InChI=1S/C18H22N4O2/c1-5-15-21-14-10-19-13-9-7-6-8-12(13)16(14)22(15)11-20-17(23)24-18(2,3)4/h6-10H,5,11H2,1-4H3,(H,20,23). The van der Waals surface area contributed by atoms with Crippen LogP contribution in [0.15, 0.2) is 30.5 Å². The molecule has 0 radical (unpaired) electrons. The number of hydrogen-bond acceptors (Lipinski definition) is 4. The van der Waals surface area contributed by atoms with Gasteiger partial charge in [0.05, 0.1) is 23.9 Å². The molecule has 6 heteroatoms. The first-order chi connectivity index (χ1) is 11.4. The summed E-state index contributed by atoms with van der Waals surface area (Å²) in [4.78, 5) is 21.1. The number of rotatable bonds is 3. The smallest absolute Gasteiger partial charge is 0.409 e. The lowest BCUT2D eigenvalue weighted by molar-refractivity contribution is 0.0512. The Kier molecular flexibility index (Phi) is 4.13. The van der Waals surface area contributed by atoms with Crippen molar-refractivity contribution in [2.45, 2.75) is 46.4 Å². The fourth-order valence-corrected chi connectivity index (χ4v) is 2.71. The molecule has 0 bridgehead atoms. The van der Waals surface area contributed by atoms with E-state index in [-0.39, 0.29) is 0 Å². The van der Waals surface area contributed by atoms with Gasteiger partial charge in [-0.2, -0.15) is 0 Å². The van der Waals surface area contributed by atoms with Gasteiger partial charge in [0, 0.05) is 11.8 Å². The van der Waals surface area contributed by atoms with E-state index >= 15 is 0 Å². The number of fused-ring (bicyclic) bond motifs is 3. The second-order valence-corrected chi connectivity index (χ2v) is 6.66. The van der Waals surface area contributed by atoms with E-state index < -0.39 is 11.7 Å². The lowest BCUT2D eigenvalue weighted by Gasteiger charge is -2.20. The molecule has 0 unspecified atom stereocenters. The molecular formula is C18H22N4O2. The van der Waals surface area contributed by atoms with Crippen LogP contribution < -0.4 is 5.32 Å². The molecule has 0 atom stereocenters. The van der Waals surface area contributed by atoms with Gasteiger partial charge in [-0.05, 0) is 26.8 Å². The maximum absolute atomic E-state index is 12.0. The first kappa shape index (κ1) is 16.2. The number of alkyl carbamates (subject to hydrolysis) is 1. The Morgan fingerprint density at radius 2 is 2.00 bits per heavy atom. The number of pyridine rings is 1. The van der Waals surface area contributed by atoms with Crippen LogP contribution in [0.3, 0.4) is 0 Å². The molecule has 0 aliphatic rings. The molecule has 2 aromatic heterocycles. The number of nitrogens with zero attached hydrogens (tertiary/aromatic N) is 3. The van der Waals surface area contributed by atoms with Gasteiger partial charge in [0.25, 0.3) is 0 Å². The summed E-state index contributed by atoms with van der Waals surface area (Å²) >= 11 is 0. The zero-order valence-corrected chi connectivity index (χ0v) is 14.5. The van der Waals surface area contributed by atoms with Gasteiger partial charge in [-0.3, -0.25) is 4.98 Å². The minimum atomic E-state index is -0.523. The minimum Gasteiger partial charge on any atom is -0.444 e. The number of nitrogens with one attached hydrogen (secondary N) is 1. The van der Waals surface area contributed by atoms with Crippen molar-refractivity contribution < 1.29 is 9.53 Å². The zero-order chi connectivity index (χ0) is 17.3. The molecule has 1 aromatic carbocycles. The fraction of sp³-hybridized carbons (Fsp3) is 0.389. The number of carbonyl (C=O) groups excluding carboxylic acids is 1. The van der Waals surface area contributed by atoms with E-state index in [9.17, 15) is 4.79 Å². The lowest BCUT2D eigenvalue weighted by Crippen LogP contribution is -2.33. The maximum atomic E-state index is 12.0. The van der Waals surface area contributed by atoms with Crippen molar-refractivity contribution in [3.63, 3.8) is 0 Å². The van der Waals surface area contributed by atoms with Gasteiger partial charge in [-0.1, -0.05) is 25.1 Å². The van der Waals surface area contributed by atoms with Crippen molar-refractivity contribution in [3.05, 3.63) is 36.3 Å². The topological polar surface area (TPSA) is 69.0 Å². The number of benzene rings is 1. The van der Waals surface area contributed by atoms with Crippen molar-refractivity contribution in [3.8, 4) is 0 Å². The minimum absolute atomic E-state index is 0.308. The number of para-hydroxylation sites is 1. The van der Waals surface area contributed by atoms with Gasteiger partial charge in [0.2, 0.25) is 0 Å². The van der Waals surface area contributed by atoms with E-state index in [1.165, 1.54) is 0 Å². The molecule has 6 nitrogen and oxygen atoms in total. The SMILES string of the molecule is CCc1nc2cnc3ccccc3c2n1CNC(=O)OC(C)(C)C. The van der Waals surface area contributed by atoms with Crippen LogP contribution in [0.5, 0.6) is 0 Å². The summed E-state index contributed by atoms with van der Waals surface area (Å²) in [7, 11) is 0. The average molecular weight is 326 g/mol. The molecule has 0 saturated carbocycles. The monoisotopic (exact) mass is 326 g/mol. The molecule has 1 N–H and O–H groups in total. The Labute approximate surface area is 140 Å². The second-order valence-electron chi connectivity index (χ2n) is 6.66. The maximum Gasteiger partial charge on any atom is 0.409 e. The molecule has 3 aromatic rings. The Morgan fingerprint density at radius 1 is 1.25 bits per heavy atom. The molecule has 126 valence electrons. The molecule has 2 heterocycles. The van der Waals surface area contributed by atoms with Crippen molar-refractivity contribution in [2.75, 3.05) is 0 Å². The van der Waals surface area contributed by atoms with Crippen molar-refractivity contribution in [2.24, 2.45) is 0 Å². The summed E-state index contributed by atoms with van der Waals surface area (Å²) in [6, 6.07) is 7.93. The van der Waals surface area contributed by atoms with Gasteiger partial charge in [-0.15, -0.1) is 0 Å². The van der Waals surface area contributed by atoms with Crippen molar-refractivity contribution in [1.82, 2.24) is 19.9 Å². The zero-order valence-electron chi connectivity index (χ0n) is 14.5. The van der Waals surface area contributed by atoms with Gasteiger partial charge in [0.15, 0.2) is 0 Å². The molecule has 24 heavy (non-hydrogen) atoms. The fourth-order valence-electron chi connectivity index (χ4n) is 2.71. The quantitative estimate of drug-likeness (QED) is 0.798. The average Bonchev–Trinajstić information content (AvgIpc) is 2.89.